The predicted octanol–water partition coefficient (Wildman–Crippen LogP) is -0.399. The quantitative estimate of drug-likeness (QED) is 0.467. The highest BCUT2D eigenvalue weighted by Crippen LogP contribution is 2.47. The molecule has 0 saturated carbocycles. The molecule has 3 saturated heterocycles. The molecule has 5 atom stereocenters. The Balaban J connectivity index is 1.71. The minimum absolute atomic E-state index is 0.201. The van der Waals surface area contributed by atoms with E-state index in [1.165, 1.54) is 0 Å². The fourth-order valence-electron chi connectivity index (χ4n) is 3.27. The molecule has 3 aliphatic rings. The lowest BCUT2D eigenvalue weighted by Gasteiger charge is -2.39. The molecule has 0 amide bonds. The van der Waals surface area contributed by atoms with Crippen LogP contribution < -0.4 is 4.72 Å². The largest absolute Gasteiger partial charge is 0.480 e. The Hall–Kier alpha value is -0.660. The molecule has 0 aromatic heterocycles. The van der Waals surface area contributed by atoms with E-state index in [4.69, 9.17) is 33.0 Å². The van der Waals surface area contributed by atoms with Crippen molar-refractivity contribution < 1.29 is 42.0 Å². The zero-order valence-electron chi connectivity index (χ0n) is 14.5. The normalized spacial score (nSPS) is 39.6. The second-order valence-electron chi connectivity index (χ2n) is 7.06. The molecule has 10 nitrogen and oxygen atoms in total. The van der Waals surface area contributed by atoms with Crippen molar-refractivity contribution in [3.63, 3.8) is 0 Å². The zero-order valence-corrected chi connectivity index (χ0v) is 15.4. The summed E-state index contributed by atoms with van der Waals surface area (Å²) in [6.45, 7) is 6.58. The number of hydrogen-bond acceptors (Lipinski definition) is 8. The van der Waals surface area contributed by atoms with Crippen LogP contribution in [0.5, 0.6) is 0 Å². The molecule has 11 heteroatoms. The maximum Gasteiger partial charge on any atom is 0.322 e. The first-order valence-electron chi connectivity index (χ1n) is 7.95. The van der Waals surface area contributed by atoms with Crippen LogP contribution in [0.2, 0.25) is 0 Å². The lowest BCUT2D eigenvalue weighted by Crippen LogP contribution is -2.60. The topological polar surface area (TPSA) is 122 Å². The van der Waals surface area contributed by atoms with Gasteiger partial charge in [-0.1, -0.05) is 4.72 Å². The van der Waals surface area contributed by atoms with E-state index in [0.29, 0.717) is 0 Å². The first kappa shape index (κ1) is 19.1. The first-order valence-corrected chi connectivity index (χ1v) is 9.13. The van der Waals surface area contributed by atoms with Crippen LogP contribution in [0.4, 0.5) is 0 Å². The minimum Gasteiger partial charge on any atom is -0.480 e. The summed E-state index contributed by atoms with van der Waals surface area (Å²) < 4.78 is 48.8. The molecule has 0 aromatic carbocycles. The Kier molecular flexibility index (Phi) is 4.97. The Labute approximate surface area is 147 Å². The molecular weight excluding hydrogens is 358 g/mol. The highest BCUT2D eigenvalue weighted by Gasteiger charge is 2.66. The van der Waals surface area contributed by atoms with Gasteiger partial charge in [0.1, 0.15) is 24.9 Å². The number of carbonyl (C=O) groups is 1. The third-order valence-electron chi connectivity index (χ3n) is 4.02. The van der Waals surface area contributed by atoms with E-state index in [9.17, 15) is 9.00 Å². The summed E-state index contributed by atoms with van der Waals surface area (Å²) in [5.41, 5.74) is 0. The van der Waals surface area contributed by atoms with Gasteiger partial charge in [0.25, 0.3) is 11.3 Å². The van der Waals surface area contributed by atoms with Crippen LogP contribution in [0, 0.1) is 0 Å². The molecule has 144 valence electrons. The van der Waals surface area contributed by atoms with Gasteiger partial charge in [-0.05, 0) is 31.9 Å². The van der Waals surface area contributed by atoms with Crippen LogP contribution in [-0.4, -0.2) is 66.5 Å². The monoisotopic (exact) mass is 382 g/mol. The second kappa shape index (κ2) is 6.50. The molecule has 0 radical (unpaired) electrons. The third kappa shape index (κ3) is 4.03. The van der Waals surface area contributed by atoms with Crippen molar-refractivity contribution in [2.24, 2.45) is 0 Å². The van der Waals surface area contributed by atoms with E-state index in [-0.39, 0.29) is 19.3 Å². The average molecular weight is 382 g/mol. The molecule has 0 aliphatic carbocycles. The van der Waals surface area contributed by atoms with Crippen molar-refractivity contribution in [3.05, 3.63) is 0 Å². The van der Waals surface area contributed by atoms with E-state index in [1.54, 1.807) is 27.7 Å². The SMILES string of the molecule is CC1(C)OC2COC3(CO[SH+](=O)NCC(=O)O)OC(C)(C)OC3C2O1. The van der Waals surface area contributed by atoms with Crippen molar-refractivity contribution in [3.8, 4) is 0 Å². The number of hydrogen-bond donors (Lipinski definition) is 2. The predicted molar refractivity (Wildman–Crippen MR) is 83.6 cm³/mol. The van der Waals surface area contributed by atoms with Gasteiger partial charge in [0.15, 0.2) is 18.2 Å². The molecule has 2 N–H and O–H groups in total. The van der Waals surface area contributed by atoms with Gasteiger partial charge in [0.2, 0.25) is 5.79 Å². The highest BCUT2D eigenvalue weighted by molar-refractivity contribution is 7.78. The van der Waals surface area contributed by atoms with E-state index in [1.807, 2.05) is 0 Å². The molecule has 3 heterocycles. The van der Waals surface area contributed by atoms with Crippen molar-refractivity contribution in [2.45, 2.75) is 63.4 Å². The Bertz CT molecular complexity index is 569. The van der Waals surface area contributed by atoms with Crippen LogP contribution in [0.3, 0.4) is 0 Å². The van der Waals surface area contributed by atoms with E-state index in [0.717, 1.165) is 0 Å². The maximum atomic E-state index is 11.8. The number of carboxylic acids is 1. The van der Waals surface area contributed by atoms with Crippen LogP contribution >= 0.6 is 0 Å². The zero-order chi connectivity index (χ0) is 18.5. The van der Waals surface area contributed by atoms with Crippen LogP contribution in [0.1, 0.15) is 27.7 Å². The highest BCUT2D eigenvalue weighted by atomic mass is 32.2. The summed E-state index contributed by atoms with van der Waals surface area (Å²) in [6, 6.07) is 0. The van der Waals surface area contributed by atoms with Crippen molar-refractivity contribution in [1.29, 1.82) is 0 Å². The Morgan fingerprint density at radius 3 is 2.64 bits per heavy atom. The van der Waals surface area contributed by atoms with E-state index >= 15 is 0 Å². The molecule has 3 fully saturated rings. The van der Waals surface area contributed by atoms with Gasteiger partial charge < -0.3 is 28.8 Å². The van der Waals surface area contributed by atoms with Gasteiger partial charge in [-0.3, -0.25) is 4.79 Å². The molecule has 0 spiro atoms. The number of aliphatic carboxylic acids is 1. The second-order valence-corrected chi connectivity index (χ2v) is 8.15. The van der Waals surface area contributed by atoms with Gasteiger partial charge in [-0.2, -0.15) is 4.18 Å². The van der Waals surface area contributed by atoms with Crippen LogP contribution in [-0.2, 0) is 48.1 Å². The number of rotatable bonds is 6. The molecule has 3 rings (SSSR count). The average Bonchev–Trinajstić information content (AvgIpc) is 2.94. The summed E-state index contributed by atoms with van der Waals surface area (Å²) >= 11 is -2.40. The molecule has 3 aliphatic heterocycles. The van der Waals surface area contributed by atoms with Gasteiger partial charge >= 0.3 is 5.97 Å². The lowest BCUT2D eigenvalue weighted by atomic mass is 9.98. The van der Waals surface area contributed by atoms with E-state index < -0.39 is 53.3 Å². The first-order chi connectivity index (χ1) is 11.5. The van der Waals surface area contributed by atoms with Gasteiger partial charge in [-0.15, -0.1) is 0 Å². The summed E-state index contributed by atoms with van der Waals surface area (Å²) in [5.74, 6) is -4.19. The summed E-state index contributed by atoms with van der Waals surface area (Å²) in [4.78, 5) is 10.5. The van der Waals surface area contributed by atoms with Gasteiger partial charge in [-0.25, -0.2) is 0 Å². The smallest absolute Gasteiger partial charge is 0.322 e. The van der Waals surface area contributed by atoms with Gasteiger partial charge in [0, 0.05) is 0 Å². The number of thiol groups is 1. The molecule has 25 heavy (non-hydrogen) atoms. The van der Waals surface area contributed by atoms with Crippen LogP contribution in [0.15, 0.2) is 0 Å². The third-order valence-corrected chi connectivity index (χ3v) is 4.80. The summed E-state index contributed by atoms with van der Waals surface area (Å²) in [6.07, 6.45) is -1.39. The van der Waals surface area contributed by atoms with E-state index in [2.05, 4.69) is 4.72 Å². The molecular formula is C14H24NO9S+. The Morgan fingerprint density at radius 2 is 1.96 bits per heavy atom. The maximum absolute atomic E-state index is 11.8. The molecule has 0 aromatic rings. The molecule has 5 unspecified atom stereocenters. The standard InChI is InChI=1S/C14H23NO9S/c1-12(2)21-8-6-19-14(7-20-25(18)15-5-9(16)17)11(10(8)22-12)23-13(3,4)24-14/h8,10-11H,5-7H2,1-4H3,(H,15,18)(H,16,17)/p+1. The van der Waals surface area contributed by atoms with Crippen molar-refractivity contribution >= 4 is 17.2 Å². The van der Waals surface area contributed by atoms with Crippen LogP contribution in [0.25, 0.3) is 0 Å². The van der Waals surface area contributed by atoms with Gasteiger partial charge in [0.05, 0.1) is 6.61 Å². The minimum atomic E-state index is -2.40. The number of ether oxygens (including phenoxy) is 5. The van der Waals surface area contributed by atoms with Crippen molar-refractivity contribution in [2.75, 3.05) is 19.8 Å². The Morgan fingerprint density at radius 1 is 1.24 bits per heavy atom. The number of nitrogens with one attached hydrogen (secondary N) is 1. The number of fused-ring (bicyclic) bond motifs is 3. The summed E-state index contributed by atoms with van der Waals surface area (Å²) in [5, 5.41) is 8.60. The number of carboxylic acid groups (broad SMARTS) is 1. The fraction of sp³-hybridized carbons (Fsp3) is 0.929. The lowest BCUT2D eigenvalue weighted by molar-refractivity contribution is -0.290. The van der Waals surface area contributed by atoms with Crippen molar-refractivity contribution in [1.82, 2.24) is 4.72 Å². The molecule has 0 bridgehead atoms. The summed E-state index contributed by atoms with van der Waals surface area (Å²) in [7, 11) is 0. The fourth-order valence-corrected chi connectivity index (χ4v) is 3.93.